The van der Waals surface area contributed by atoms with Crippen molar-refractivity contribution < 1.29 is 19.4 Å². The van der Waals surface area contributed by atoms with E-state index >= 15 is 0 Å². The molecule has 2 heterocycles. The number of halogens is 1. The zero-order valence-electron chi connectivity index (χ0n) is 9.89. The molecule has 0 saturated carbocycles. The largest absolute Gasteiger partial charge is 0.481 e. The van der Waals surface area contributed by atoms with Gasteiger partial charge in [0.05, 0.1) is 30.1 Å². The predicted octanol–water partition coefficient (Wildman–Crippen LogP) is 1.30. The Balaban J connectivity index is 1.79. The van der Waals surface area contributed by atoms with Crippen LogP contribution in [0, 0.1) is 5.92 Å². The second-order valence-electron chi connectivity index (χ2n) is 4.12. The first-order valence-electron chi connectivity index (χ1n) is 5.65. The smallest absolute Gasteiger partial charge is 0.315 e. The Morgan fingerprint density at radius 1 is 1.47 bits per heavy atom. The fourth-order valence-electron chi connectivity index (χ4n) is 1.77. The van der Waals surface area contributed by atoms with E-state index in [0.29, 0.717) is 10.9 Å². The molecule has 3 N–H and O–H groups in total. The van der Waals surface area contributed by atoms with Crippen LogP contribution in [0.5, 0.6) is 0 Å². The molecule has 8 heteroatoms. The topological polar surface area (TPSA) is 87.7 Å². The molecule has 2 amide bonds. The SMILES string of the molecule is O=C(NCc1ccc(Cl)s1)NC1COCC1C(=O)O. The van der Waals surface area contributed by atoms with Gasteiger partial charge in [0, 0.05) is 4.88 Å². The Morgan fingerprint density at radius 3 is 2.89 bits per heavy atom. The Kier molecular flexibility index (Phi) is 4.62. The molecule has 6 nitrogen and oxygen atoms in total. The van der Waals surface area contributed by atoms with Crippen LogP contribution in [0.4, 0.5) is 4.79 Å². The van der Waals surface area contributed by atoms with Crippen LogP contribution >= 0.6 is 22.9 Å². The van der Waals surface area contributed by atoms with E-state index in [0.717, 1.165) is 4.88 Å². The van der Waals surface area contributed by atoms with Gasteiger partial charge in [0.15, 0.2) is 0 Å². The monoisotopic (exact) mass is 304 g/mol. The number of thiophene rings is 1. The second kappa shape index (κ2) is 6.23. The van der Waals surface area contributed by atoms with Gasteiger partial charge in [-0.3, -0.25) is 4.79 Å². The summed E-state index contributed by atoms with van der Waals surface area (Å²) >= 11 is 7.16. The summed E-state index contributed by atoms with van der Waals surface area (Å²) in [5, 5.41) is 14.2. The summed E-state index contributed by atoms with van der Waals surface area (Å²) in [6, 6.07) is 2.68. The van der Waals surface area contributed by atoms with Gasteiger partial charge in [-0.05, 0) is 12.1 Å². The number of carboxylic acid groups (broad SMARTS) is 1. The molecule has 19 heavy (non-hydrogen) atoms. The molecule has 2 rings (SSSR count). The Labute approximate surface area is 118 Å². The maximum absolute atomic E-state index is 11.6. The third kappa shape index (κ3) is 3.82. The molecule has 1 saturated heterocycles. The number of hydrogen-bond donors (Lipinski definition) is 3. The lowest BCUT2D eigenvalue weighted by molar-refractivity contribution is -0.142. The lowest BCUT2D eigenvalue weighted by Crippen LogP contribution is -2.46. The zero-order valence-corrected chi connectivity index (χ0v) is 11.5. The van der Waals surface area contributed by atoms with Crippen LogP contribution in [0.2, 0.25) is 4.34 Å². The van der Waals surface area contributed by atoms with Crippen molar-refractivity contribution in [1.82, 2.24) is 10.6 Å². The molecule has 0 radical (unpaired) electrons. The molecular formula is C11H13ClN2O4S. The molecule has 1 aromatic rings. The first-order chi connectivity index (χ1) is 9.06. The standard InChI is InChI=1S/C11H13ClN2O4S/c12-9-2-1-6(19-9)3-13-11(17)14-8-5-18-4-7(8)10(15)16/h1-2,7-8H,3-5H2,(H,15,16)(H2,13,14,17). The van der Waals surface area contributed by atoms with E-state index in [1.807, 2.05) is 6.07 Å². The van der Waals surface area contributed by atoms with E-state index in [1.54, 1.807) is 6.07 Å². The molecule has 104 valence electrons. The van der Waals surface area contributed by atoms with Crippen molar-refractivity contribution >= 4 is 34.9 Å². The number of amides is 2. The van der Waals surface area contributed by atoms with Crippen molar-refractivity contribution in [3.63, 3.8) is 0 Å². The Bertz CT molecular complexity index is 479. The van der Waals surface area contributed by atoms with Gasteiger partial charge >= 0.3 is 12.0 Å². The van der Waals surface area contributed by atoms with Crippen molar-refractivity contribution in [1.29, 1.82) is 0 Å². The summed E-state index contributed by atoms with van der Waals surface area (Å²) < 4.78 is 5.72. The number of aliphatic carboxylic acids is 1. The maximum atomic E-state index is 11.6. The van der Waals surface area contributed by atoms with Crippen LogP contribution in [0.1, 0.15) is 4.88 Å². The zero-order chi connectivity index (χ0) is 13.8. The number of carbonyl (C=O) groups excluding carboxylic acids is 1. The highest BCUT2D eigenvalue weighted by Gasteiger charge is 2.34. The van der Waals surface area contributed by atoms with Gasteiger partial charge in [0.2, 0.25) is 0 Å². The fraction of sp³-hybridized carbons (Fsp3) is 0.455. The average molecular weight is 305 g/mol. The number of carboxylic acids is 1. The molecular weight excluding hydrogens is 292 g/mol. The first-order valence-corrected chi connectivity index (χ1v) is 6.85. The molecule has 0 aliphatic carbocycles. The van der Waals surface area contributed by atoms with Gasteiger partial charge in [-0.25, -0.2) is 4.79 Å². The fourth-order valence-corrected chi connectivity index (χ4v) is 2.80. The lowest BCUT2D eigenvalue weighted by atomic mass is 10.0. The molecule has 0 spiro atoms. The third-order valence-electron chi connectivity index (χ3n) is 2.77. The van der Waals surface area contributed by atoms with Crippen LogP contribution in [0.25, 0.3) is 0 Å². The van der Waals surface area contributed by atoms with E-state index in [9.17, 15) is 9.59 Å². The summed E-state index contributed by atoms with van der Waals surface area (Å²) in [5.74, 6) is -1.66. The summed E-state index contributed by atoms with van der Waals surface area (Å²) in [7, 11) is 0. The Morgan fingerprint density at radius 2 is 2.26 bits per heavy atom. The molecule has 1 aliphatic rings. The van der Waals surface area contributed by atoms with Gasteiger partial charge in [-0.15, -0.1) is 11.3 Å². The normalized spacial score (nSPS) is 22.2. The lowest BCUT2D eigenvalue weighted by Gasteiger charge is -2.15. The van der Waals surface area contributed by atoms with Crippen molar-refractivity contribution in [3.8, 4) is 0 Å². The van der Waals surface area contributed by atoms with E-state index in [4.69, 9.17) is 21.4 Å². The van der Waals surface area contributed by atoms with Gasteiger partial charge < -0.3 is 20.5 Å². The summed E-state index contributed by atoms with van der Waals surface area (Å²) in [4.78, 5) is 23.5. The van der Waals surface area contributed by atoms with Crippen molar-refractivity contribution in [2.45, 2.75) is 12.6 Å². The van der Waals surface area contributed by atoms with Gasteiger partial charge in [-0.1, -0.05) is 11.6 Å². The summed E-state index contributed by atoms with van der Waals surface area (Å²) in [6.45, 7) is 0.699. The quantitative estimate of drug-likeness (QED) is 0.782. The van der Waals surface area contributed by atoms with Crippen molar-refractivity contribution in [2.24, 2.45) is 5.92 Å². The third-order valence-corrected chi connectivity index (χ3v) is 4.00. The highest BCUT2D eigenvalue weighted by Crippen LogP contribution is 2.21. The highest BCUT2D eigenvalue weighted by atomic mass is 35.5. The minimum Gasteiger partial charge on any atom is -0.481 e. The van der Waals surface area contributed by atoms with Gasteiger partial charge in [0.1, 0.15) is 5.92 Å². The minimum absolute atomic E-state index is 0.126. The number of rotatable bonds is 4. The maximum Gasteiger partial charge on any atom is 0.315 e. The highest BCUT2D eigenvalue weighted by molar-refractivity contribution is 7.16. The number of hydrogen-bond acceptors (Lipinski definition) is 4. The molecule has 2 unspecified atom stereocenters. The van der Waals surface area contributed by atoms with Crippen molar-refractivity contribution in [3.05, 3.63) is 21.3 Å². The summed E-state index contributed by atoms with van der Waals surface area (Å²) in [5.41, 5.74) is 0. The van der Waals surface area contributed by atoms with Crippen LogP contribution < -0.4 is 10.6 Å². The van der Waals surface area contributed by atoms with E-state index in [1.165, 1.54) is 11.3 Å². The summed E-state index contributed by atoms with van der Waals surface area (Å²) in [6.07, 6.45) is 0. The van der Waals surface area contributed by atoms with E-state index in [-0.39, 0.29) is 13.2 Å². The number of ether oxygens (including phenoxy) is 1. The number of nitrogens with one attached hydrogen (secondary N) is 2. The van der Waals surface area contributed by atoms with Crippen LogP contribution in [0.3, 0.4) is 0 Å². The first kappa shape index (κ1) is 14.1. The molecule has 1 aliphatic heterocycles. The van der Waals surface area contributed by atoms with E-state index < -0.39 is 24.0 Å². The number of urea groups is 1. The predicted molar refractivity (Wildman–Crippen MR) is 70.4 cm³/mol. The Hall–Kier alpha value is -1.31. The molecule has 2 atom stereocenters. The molecule has 0 aromatic carbocycles. The van der Waals surface area contributed by atoms with Gasteiger partial charge in [-0.2, -0.15) is 0 Å². The molecule has 1 aromatic heterocycles. The van der Waals surface area contributed by atoms with Crippen molar-refractivity contribution in [2.75, 3.05) is 13.2 Å². The molecule has 1 fully saturated rings. The van der Waals surface area contributed by atoms with Crippen LogP contribution in [0.15, 0.2) is 12.1 Å². The molecule has 0 bridgehead atoms. The average Bonchev–Trinajstić information content (AvgIpc) is 2.95. The second-order valence-corrected chi connectivity index (χ2v) is 5.92. The van der Waals surface area contributed by atoms with Gasteiger partial charge in [0.25, 0.3) is 0 Å². The minimum atomic E-state index is -0.965. The van der Waals surface area contributed by atoms with E-state index in [2.05, 4.69) is 10.6 Å². The van der Waals surface area contributed by atoms with Crippen LogP contribution in [-0.4, -0.2) is 36.4 Å². The number of carbonyl (C=O) groups is 2. The van der Waals surface area contributed by atoms with Crippen LogP contribution in [-0.2, 0) is 16.1 Å².